The molecule has 0 saturated carbocycles. The van der Waals surface area contributed by atoms with E-state index >= 15 is 0 Å². The highest BCUT2D eigenvalue weighted by atomic mass is 32.1. The summed E-state index contributed by atoms with van der Waals surface area (Å²) in [6, 6.07) is 3.62. The molecule has 0 fully saturated rings. The molecule has 1 amide bonds. The number of hydrogen-bond donors (Lipinski definition) is 1. The first kappa shape index (κ1) is 13.2. The lowest BCUT2D eigenvalue weighted by Gasteiger charge is -2.15. The van der Waals surface area contributed by atoms with Gasteiger partial charge in [-0.15, -0.1) is 11.3 Å². The number of nitrogens with zero attached hydrogens (tertiary/aromatic N) is 2. The summed E-state index contributed by atoms with van der Waals surface area (Å²) in [5, 5.41) is 3.58. The van der Waals surface area contributed by atoms with Crippen molar-refractivity contribution in [3.63, 3.8) is 0 Å². The minimum atomic E-state index is -0.142. The first-order valence-electron chi connectivity index (χ1n) is 6.84. The van der Waals surface area contributed by atoms with E-state index in [9.17, 15) is 4.79 Å². The SMILES string of the molecule is Cc1ccc(C(=O)Nc2nc3c(s2)CC(C)CC3)cn1. The lowest BCUT2D eigenvalue weighted by Crippen LogP contribution is -2.12. The Kier molecular flexibility index (Phi) is 3.53. The third-order valence-corrected chi connectivity index (χ3v) is 4.62. The number of fused-ring (bicyclic) bond motifs is 1. The minimum absolute atomic E-state index is 0.142. The quantitative estimate of drug-likeness (QED) is 0.922. The maximum absolute atomic E-state index is 12.1. The number of aromatic nitrogens is 2. The second kappa shape index (κ2) is 5.32. The normalized spacial score (nSPS) is 17.6. The standard InChI is InChI=1S/C15H17N3OS/c1-9-3-6-12-13(7-9)20-15(17-12)18-14(19)11-5-4-10(2)16-8-11/h4-5,8-9H,3,6-7H2,1-2H3,(H,17,18,19). The van der Waals surface area contributed by atoms with Gasteiger partial charge in [-0.05, 0) is 44.2 Å². The average Bonchev–Trinajstić information content (AvgIpc) is 2.80. The third kappa shape index (κ3) is 2.72. The van der Waals surface area contributed by atoms with E-state index in [-0.39, 0.29) is 5.91 Å². The van der Waals surface area contributed by atoms with Crippen LogP contribution in [0.3, 0.4) is 0 Å². The van der Waals surface area contributed by atoms with Gasteiger partial charge in [0.1, 0.15) is 0 Å². The monoisotopic (exact) mass is 287 g/mol. The molecule has 0 saturated heterocycles. The highest BCUT2D eigenvalue weighted by Gasteiger charge is 2.20. The van der Waals surface area contributed by atoms with Crippen molar-refractivity contribution in [2.24, 2.45) is 5.92 Å². The molecule has 0 aromatic carbocycles. The van der Waals surface area contributed by atoms with Crippen LogP contribution < -0.4 is 5.32 Å². The van der Waals surface area contributed by atoms with Gasteiger partial charge in [-0.3, -0.25) is 15.1 Å². The molecule has 2 heterocycles. The Bertz CT molecular complexity index is 633. The molecule has 0 radical (unpaired) electrons. The molecule has 2 aromatic rings. The highest BCUT2D eigenvalue weighted by Crippen LogP contribution is 2.32. The largest absolute Gasteiger partial charge is 0.298 e. The summed E-state index contributed by atoms with van der Waals surface area (Å²) in [6.45, 7) is 4.16. The third-order valence-electron chi connectivity index (χ3n) is 3.58. The molecule has 4 nitrogen and oxygen atoms in total. The van der Waals surface area contributed by atoms with Crippen LogP contribution in [0, 0.1) is 12.8 Å². The van der Waals surface area contributed by atoms with E-state index in [0.29, 0.717) is 16.6 Å². The molecule has 104 valence electrons. The number of anilines is 1. The van der Waals surface area contributed by atoms with Crippen LogP contribution in [0.2, 0.25) is 0 Å². The van der Waals surface area contributed by atoms with Crippen LogP contribution >= 0.6 is 11.3 Å². The van der Waals surface area contributed by atoms with E-state index in [1.807, 2.05) is 13.0 Å². The van der Waals surface area contributed by atoms with Gasteiger partial charge >= 0.3 is 0 Å². The van der Waals surface area contributed by atoms with Crippen molar-refractivity contribution >= 4 is 22.4 Å². The smallest absolute Gasteiger partial charge is 0.259 e. The van der Waals surface area contributed by atoms with Gasteiger partial charge in [0, 0.05) is 16.8 Å². The highest BCUT2D eigenvalue weighted by molar-refractivity contribution is 7.15. The fourth-order valence-corrected chi connectivity index (χ4v) is 3.53. The zero-order valence-corrected chi connectivity index (χ0v) is 12.5. The van der Waals surface area contributed by atoms with Gasteiger partial charge in [-0.25, -0.2) is 4.98 Å². The Labute approximate surface area is 122 Å². The lowest BCUT2D eigenvalue weighted by molar-refractivity contribution is 0.102. The van der Waals surface area contributed by atoms with Crippen molar-refractivity contribution in [2.45, 2.75) is 33.1 Å². The molecule has 0 spiro atoms. The molecular weight excluding hydrogens is 270 g/mol. The van der Waals surface area contributed by atoms with Gasteiger partial charge in [0.15, 0.2) is 5.13 Å². The first-order chi connectivity index (χ1) is 9.61. The molecule has 0 bridgehead atoms. The number of nitrogens with one attached hydrogen (secondary N) is 1. The Morgan fingerprint density at radius 3 is 3.05 bits per heavy atom. The van der Waals surface area contributed by atoms with Crippen molar-refractivity contribution in [3.05, 3.63) is 40.2 Å². The maximum atomic E-state index is 12.1. The van der Waals surface area contributed by atoms with E-state index in [2.05, 4.69) is 22.2 Å². The van der Waals surface area contributed by atoms with Crippen LogP contribution in [0.4, 0.5) is 5.13 Å². The Morgan fingerprint density at radius 1 is 1.45 bits per heavy atom. The number of amides is 1. The molecule has 1 aliphatic rings. The van der Waals surface area contributed by atoms with Crippen LogP contribution in [0.25, 0.3) is 0 Å². The van der Waals surface area contributed by atoms with E-state index in [4.69, 9.17) is 0 Å². The van der Waals surface area contributed by atoms with Gasteiger partial charge < -0.3 is 0 Å². The van der Waals surface area contributed by atoms with Gasteiger partial charge in [0.2, 0.25) is 0 Å². The number of thiazole rings is 1. The number of pyridine rings is 1. The first-order valence-corrected chi connectivity index (χ1v) is 7.66. The summed E-state index contributed by atoms with van der Waals surface area (Å²) in [7, 11) is 0. The van der Waals surface area contributed by atoms with Gasteiger partial charge in [0.05, 0.1) is 11.3 Å². The molecule has 1 aliphatic carbocycles. The van der Waals surface area contributed by atoms with Crippen molar-refractivity contribution in [2.75, 3.05) is 5.32 Å². The van der Waals surface area contributed by atoms with Crippen molar-refractivity contribution < 1.29 is 4.79 Å². The van der Waals surface area contributed by atoms with Crippen molar-refractivity contribution in [1.82, 2.24) is 9.97 Å². The molecule has 20 heavy (non-hydrogen) atoms. The van der Waals surface area contributed by atoms with Crippen LogP contribution in [0.5, 0.6) is 0 Å². The topological polar surface area (TPSA) is 54.9 Å². The zero-order valence-electron chi connectivity index (χ0n) is 11.6. The summed E-state index contributed by atoms with van der Waals surface area (Å²) in [5.74, 6) is 0.574. The summed E-state index contributed by atoms with van der Waals surface area (Å²) >= 11 is 1.60. The van der Waals surface area contributed by atoms with Crippen LogP contribution in [0.15, 0.2) is 18.3 Å². The molecule has 3 rings (SSSR count). The minimum Gasteiger partial charge on any atom is -0.298 e. The summed E-state index contributed by atoms with van der Waals surface area (Å²) < 4.78 is 0. The molecule has 1 N–H and O–H groups in total. The van der Waals surface area contributed by atoms with Crippen LogP contribution in [0.1, 0.15) is 40.0 Å². The molecule has 2 aromatic heterocycles. The zero-order chi connectivity index (χ0) is 14.1. The lowest BCUT2D eigenvalue weighted by atomic mass is 9.93. The van der Waals surface area contributed by atoms with Crippen molar-refractivity contribution in [1.29, 1.82) is 0 Å². The number of carbonyl (C=O) groups is 1. The molecular formula is C15H17N3OS. The average molecular weight is 287 g/mol. The van der Waals surface area contributed by atoms with E-state index in [1.54, 1.807) is 23.6 Å². The molecule has 0 aliphatic heterocycles. The number of carbonyl (C=O) groups excluding carboxylic acids is 1. The van der Waals surface area contributed by atoms with Gasteiger partial charge in [-0.1, -0.05) is 6.92 Å². The Hall–Kier alpha value is -1.75. The van der Waals surface area contributed by atoms with Crippen molar-refractivity contribution in [3.8, 4) is 0 Å². The van der Waals surface area contributed by atoms with Crippen LogP contribution in [-0.4, -0.2) is 15.9 Å². The molecule has 5 heteroatoms. The van der Waals surface area contributed by atoms with E-state index in [1.165, 1.54) is 11.3 Å². The second-order valence-electron chi connectivity index (χ2n) is 5.38. The summed E-state index contributed by atoms with van der Waals surface area (Å²) in [4.78, 5) is 22.1. The summed E-state index contributed by atoms with van der Waals surface area (Å²) in [5.41, 5.74) is 2.63. The van der Waals surface area contributed by atoms with Gasteiger partial charge in [0.25, 0.3) is 5.91 Å². The predicted octanol–water partition coefficient (Wildman–Crippen LogP) is 3.22. The summed E-state index contributed by atoms with van der Waals surface area (Å²) in [6.07, 6.45) is 4.89. The number of rotatable bonds is 2. The molecule has 1 unspecified atom stereocenters. The van der Waals surface area contributed by atoms with E-state index in [0.717, 1.165) is 24.2 Å². The molecule has 1 atom stereocenters. The number of hydrogen-bond acceptors (Lipinski definition) is 4. The van der Waals surface area contributed by atoms with Crippen LogP contribution in [-0.2, 0) is 12.8 Å². The Balaban J connectivity index is 1.75. The second-order valence-corrected chi connectivity index (χ2v) is 6.46. The van der Waals surface area contributed by atoms with Gasteiger partial charge in [-0.2, -0.15) is 0 Å². The number of aryl methyl sites for hydroxylation is 2. The van der Waals surface area contributed by atoms with E-state index < -0.39 is 0 Å². The fraction of sp³-hybridized carbons (Fsp3) is 0.400. The Morgan fingerprint density at radius 2 is 2.30 bits per heavy atom. The fourth-order valence-electron chi connectivity index (χ4n) is 2.36. The predicted molar refractivity (Wildman–Crippen MR) is 80.2 cm³/mol. The maximum Gasteiger partial charge on any atom is 0.259 e.